The third-order valence-electron chi connectivity index (χ3n) is 21.5. The predicted octanol–water partition coefficient (Wildman–Crippen LogP) is 1.30. The number of aromatic amines is 1. The Bertz CT molecular complexity index is 4990. The van der Waals surface area contributed by atoms with Crippen LogP contribution in [0.25, 0.3) is 10.9 Å². The molecule has 36 heteroatoms. The second-order valence-corrected chi connectivity index (χ2v) is 32.6. The van der Waals surface area contributed by atoms with Crippen LogP contribution in [0.2, 0.25) is 0 Å². The molecule has 1 fully saturated rings. The van der Waals surface area contributed by atoms with Gasteiger partial charge in [-0.15, -0.1) is 11.8 Å². The third kappa shape index (κ3) is 29.0. The fourth-order valence-electron chi connectivity index (χ4n) is 14.4. The fourth-order valence-corrected chi connectivity index (χ4v) is 15.2. The molecule has 7 aromatic rings. The van der Waals surface area contributed by atoms with E-state index in [4.69, 9.17) is 5.73 Å². The van der Waals surface area contributed by atoms with Gasteiger partial charge in [0.15, 0.2) is 0 Å². The van der Waals surface area contributed by atoms with E-state index in [1.54, 1.807) is 135 Å². The summed E-state index contributed by atoms with van der Waals surface area (Å²) >= 11 is 0.815. The molecule has 0 saturated carbocycles. The van der Waals surface area contributed by atoms with Crippen molar-refractivity contribution in [3.63, 3.8) is 0 Å². The number of H-pyrrole nitrogens is 1. The van der Waals surface area contributed by atoms with E-state index in [1.165, 1.54) is 95.6 Å². The minimum Gasteiger partial charge on any atom is -0.508 e. The van der Waals surface area contributed by atoms with Crippen molar-refractivity contribution in [1.29, 1.82) is 0 Å². The number of fused-ring (bicyclic) bond motifs is 1. The molecule has 0 radical (unpaired) electrons. The van der Waals surface area contributed by atoms with E-state index in [9.17, 15) is 63.3 Å². The number of nitrogens with zero attached hydrogens (tertiary/aromatic N) is 5. The van der Waals surface area contributed by atoms with Crippen LogP contribution in [0.5, 0.6) is 11.5 Å². The number of para-hydroxylation sites is 1. The van der Waals surface area contributed by atoms with E-state index in [-0.39, 0.29) is 62.2 Å². The number of primary amides is 1. The summed E-state index contributed by atoms with van der Waals surface area (Å²) in [6.07, 6.45) is 0.178. The topological polar surface area (TPSA) is 500 Å². The van der Waals surface area contributed by atoms with Crippen LogP contribution in [0.1, 0.15) is 86.8 Å². The summed E-state index contributed by atoms with van der Waals surface area (Å²) in [6.45, 7) is 3.94. The number of carbonyl (C=O) groups excluding carboxylic acids is 15. The van der Waals surface area contributed by atoms with Gasteiger partial charge in [-0.3, -0.25) is 76.7 Å². The number of carboxylic acids is 1. The number of aliphatic carboxylic acids is 1. The highest BCUT2D eigenvalue weighted by Crippen LogP contribution is 2.24. The van der Waals surface area contributed by atoms with Gasteiger partial charge in [0, 0.05) is 96.6 Å². The number of likely N-dealkylation sites (N-methyl/N-ethyl adjacent to an activating group) is 5. The van der Waals surface area contributed by atoms with Gasteiger partial charge in [-0.2, -0.15) is 0 Å². The van der Waals surface area contributed by atoms with Crippen LogP contribution >= 0.6 is 11.8 Å². The zero-order valence-corrected chi connectivity index (χ0v) is 72.6. The molecule has 0 spiro atoms. The van der Waals surface area contributed by atoms with Gasteiger partial charge < -0.3 is 98.4 Å². The van der Waals surface area contributed by atoms with Gasteiger partial charge in [0.05, 0.1) is 31.8 Å². The number of carbonyl (C=O) groups is 16. The first kappa shape index (κ1) is 97.8. The molecule has 15 N–H and O–H groups in total. The Morgan fingerprint density at radius 2 is 0.921 bits per heavy atom. The van der Waals surface area contributed by atoms with E-state index < -0.39 is 199 Å². The Labute approximate surface area is 734 Å². The number of benzene rings is 6. The number of unbranched alkanes of at least 4 members (excludes halogenated alkanes) is 1. The highest BCUT2D eigenvalue weighted by Gasteiger charge is 2.42. The fraction of sp³-hybridized carbons (Fsp3) is 0.400. The quantitative estimate of drug-likeness (QED) is 0.0482. The molecular formula is C90H112N16O19S. The molecule has 11 unspecified atom stereocenters. The predicted molar refractivity (Wildman–Crippen MR) is 468 cm³/mol. The second-order valence-electron chi connectivity index (χ2n) is 31.6. The van der Waals surface area contributed by atoms with Gasteiger partial charge in [-0.1, -0.05) is 167 Å². The molecule has 1 aromatic heterocycles. The Balaban J connectivity index is 1.19. The smallest absolute Gasteiger partial charge is 0.305 e. The maximum Gasteiger partial charge on any atom is 0.305 e. The maximum absolute atomic E-state index is 15.5. The van der Waals surface area contributed by atoms with Gasteiger partial charge in [-0.25, -0.2) is 0 Å². The number of phenolic OH excluding ortho intramolecular Hbond substituents is 2. The number of rotatable bonds is 21. The summed E-state index contributed by atoms with van der Waals surface area (Å²) in [7, 11) is 6.51. The number of aromatic hydroxyl groups is 2. The highest BCUT2D eigenvalue weighted by atomic mass is 32.2. The lowest BCUT2D eigenvalue weighted by Crippen LogP contribution is -2.61. The van der Waals surface area contributed by atoms with E-state index >= 15 is 28.8 Å². The van der Waals surface area contributed by atoms with Crippen molar-refractivity contribution in [1.82, 2.24) is 77.3 Å². The van der Waals surface area contributed by atoms with E-state index in [2.05, 4.69) is 52.8 Å². The number of hydrogen-bond donors (Lipinski definition) is 14. The molecule has 0 aliphatic carbocycles. The largest absolute Gasteiger partial charge is 0.508 e. The van der Waals surface area contributed by atoms with Crippen molar-refractivity contribution in [2.24, 2.45) is 11.7 Å². The summed E-state index contributed by atoms with van der Waals surface area (Å²) in [4.78, 5) is 241. The molecule has 1 aliphatic rings. The van der Waals surface area contributed by atoms with Crippen molar-refractivity contribution in [2.45, 2.75) is 158 Å². The molecule has 1 aliphatic heterocycles. The maximum atomic E-state index is 15.5. The minimum atomic E-state index is -1.91. The summed E-state index contributed by atoms with van der Waals surface area (Å²) < 4.78 is 0. The summed E-state index contributed by atoms with van der Waals surface area (Å²) in [5.41, 5.74) is 9.04. The number of phenols is 2. The van der Waals surface area contributed by atoms with Gasteiger partial charge in [0.25, 0.3) is 0 Å². The van der Waals surface area contributed by atoms with Crippen LogP contribution in [0.15, 0.2) is 170 Å². The first-order valence-corrected chi connectivity index (χ1v) is 42.4. The molecule has 2 heterocycles. The van der Waals surface area contributed by atoms with Gasteiger partial charge >= 0.3 is 5.97 Å². The molecule has 126 heavy (non-hydrogen) atoms. The zero-order valence-electron chi connectivity index (χ0n) is 71.8. The van der Waals surface area contributed by atoms with Crippen LogP contribution in [0, 0.1) is 5.92 Å². The van der Waals surface area contributed by atoms with Crippen LogP contribution < -0.4 is 53.6 Å². The van der Waals surface area contributed by atoms with Crippen molar-refractivity contribution in [2.75, 3.05) is 66.4 Å². The lowest BCUT2D eigenvalue weighted by Gasteiger charge is -2.37. The zero-order chi connectivity index (χ0) is 92.0. The first-order valence-electron chi connectivity index (χ1n) is 41.3. The average molecular weight is 1750 g/mol. The first-order chi connectivity index (χ1) is 60.0. The lowest BCUT2D eigenvalue weighted by atomic mass is 9.98. The second kappa shape index (κ2) is 47.3. The van der Waals surface area contributed by atoms with Crippen molar-refractivity contribution in [3.8, 4) is 11.5 Å². The normalized spacial score (nSPS) is 22.1. The average Bonchev–Trinajstić information content (AvgIpc) is 1.54. The Morgan fingerprint density at radius 1 is 0.468 bits per heavy atom. The van der Waals surface area contributed by atoms with E-state index in [0.29, 0.717) is 57.1 Å². The monoisotopic (exact) mass is 1750 g/mol. The number of nitrogens with two attached hydrogens (primary N) is 1. The van der Waals surface area contributed by atoms with Gasteiger partial charge in [-0.05, 0) is 83.0 Å². The van der Waals surface area contributed by atoms with Crippen molar-refractivity contribution in [3.05, 3.63) is 203 Å². The van der Waals surface area contributed by atoms with Gasteiger partial charge in [0.1, 0.15) is 78.0 Å². The Morgan fingerprint density at radius 3 is 1.47 bits per heavy atom. The van der Waals surface area contributed by atoms with Crippen LogP contribution in [0.4, 0.5) is 0 Å². The molecule has 0 bridgehead atoms. The number of amides is 15. The SMILES string of the molecule is CCCCC1C(=O)N(C)CC(=O)NC(CC(=O)O)C(=O)NC(C(C)C)C(=O)N(C)C(Cc2ccccc2)C(=O)NC(Cc2ccc(O)cc2)C(=O)N(C)CC(=O)NC(Cc2c[nH]c3ccccc23)C(=O)NC(Cc2ccc(O)cc2)C(=O)NC(C)C(=O)NC(C(=O)NCC(N)=O)CSCC(=O)NC(Cc2ccccc2)C(=O)N(C)C(Cc2ccccc2)C(=O)N1C. The molecule has 1 saturated heterocycles. The van der Waals surface area contributed by atoms with Crippen LogP contribution in [-0.4, -0.2) is 272 Å². The Hall–Kier alpha value is -13.7. The number of thioether (sulfide) groups is 1. The summed E-state index contributed by atoms with van der Waals surface area (Å²) in [6, 6.07) is 27.1. The molecule has 15 amide bonds. The third-order valence-corrected chi connectivity index (χ3v) is 22.5. The molecule has 672 valence electrons. The molecular weight excluding hydrogens is 1640 g/mol. The lowest BCUT2D eigenvalue weighted by molar-refractivity contribution is -0.151. The molecule has 11 atom stereocenters. The Kier molecular flexibility index (Phi) is 36.7. The van der Waals surface area contributed by atoms with E-state index in [0.717, 1.165) is 31.4 Å². The van der Waals surface area contributed by atoms with Crippen LogP contribution in [0.3, 0.4) is 0 Å². The highest BCUT2D eigenvalue weighted by molar-refractivity contribution is 8.00. The molecule has 6 aromatic carbocycles. The van der Waals surface area contributed by atoms with Crippen LogP contribution in [-0.2, 0) is 115 Å². The molecule has 35 nitrogen and oxygen atoms in total. The van der Waals surface area contributed by atoms with Crippen molar-refractivity contribution < 1.29 is 92.0 Å². The molecule has 8 rings (SSSR count). The standard InChI is InChI=1S/C90H112N16O19S/c1-10-11-31-71-88(123)103(6)50-76(111)96-67(46-78(113)114)84(119)101-79(53(2)3)90(125)105(8)72(43-56-25-17-13-18-26-56)85(120)99-68(42-59-34-38-62(108)39-35-59)86(121)102(5)49-75(110)95-66(45-60-47-92-64-30-22-21-29-63(60)64)83(118)98-65(40-58-32-36-61(107)37-33-58)82(117)94-54(4)80(115)100-70(81(116)93-48-74(91)109)51-126-52-77(112)97-69(41-55-23-15-12-16-24-55)87(122)106(9)73(89(124)104(71)7)44-57-27-19-14-20-28-57/h12-30,32-39,47,53-54,65-73,79,92,107-108H,10-11,31,40-46,48-52H2,1-9H3,(H2,91,109)(H,93,116)(H,94,117)(H,95,110)(H,96,111)(H,97,112)(H,98,118)(H,99,120)(H,100,115)(H,101,119)(H,113,114). The summed E-state index contributed by atoms with van der Waals surface area (Å²) in [5, 5.41) is 55.0. The number of aromatic nitrogens is 1. The van der Waals surface area contributed by atoms with E-state index in [1.807, 2.05) is 6.92 Å². The summed E-state index contributed by atoms with van der Waals surface area (Å²) in [5.74, 6) is -17.2. The number of hydrogen-bond acceptors (Lipinski definition) is 19. The number of carboxylic acid groups (broad SMARTS) is 1. The minimum absolute atomic E-state index is 0.0304. The van der Waals surface area contributed by atoms with Crippen molar-refractivity contribution >= 4 is 117 Å². The number of nitrogens with one attached hydrogen (secondary N) is 10. The van der Waals surface area contributed by atoms with Gasteiger partial charge in [0.2, 0.25) is 88.6 Å².